The Balaban J connectivity index is 2.50. The molecule has 0 heterocycles. The van der Waals surface area contributed by atoms with Gasteiger partial charge >= 0.3 is 0 Å². The predicted octanol–water partition coefficient (Wildman–Crippen LogP) is 2.40. The van der Waals surface area contributed by atoms with Crippen molar-refractivity contribution >= 4 is 17.5 Å². The third kappa shape index (κ3) is 5.12. The Morgan fingerprint density at radius 3 is 2.21 bits per heavy atom. The summed E-state index contributed by atoms with van der Waals surface area (Å²) in [5.41, 5.74) is 2.86. The molecule has 0 aromatic heterocycles. The molecule has 4 heteroatoms. The number of hydrogen-bond acceptors (Lipinski definition) is 2. The molecule has 0 unspecified atom stereocenters. The average Bonchev–Trinajstić information content (AvgIpc) is 2.30. The van der Waals surface area contributed by atoms with Crippen LogP contribution < -0.4 is 10.6 Å². The molecule has 1 aromatic carbocycles. The van der Waals surface area contributed by atoms with Crippen LogP contribution in [0.4, 0.5) is 5.69 Å². The van der Waals surface area contributed by atoms with E-state index >= 15 is 0 Å². The van der Waals surface area contributed by atoms with E-state index in [9.17, 15) is 9.59 Å². The number of benzene rings is 1. The summed E-state index contributed by atoms with van der Waals surface area (Å²) in [4.78, 5) is 23.2. The van der Waals surface area contributed by atoms with E-state index in [-0.39, 0.29) is 18.4 Å². The summed E-state index contributed by atoms with van der Waals surface area (Å²) < 4.78 is 0. The molecule has 1 rings (SSSR count). The summed E-state index contributed by atoms with van der Waals surface area (Å²) >= 11 is 0. The van der Waals surface area contributed by atoms with Gasteiger partial charge < -0.3 is 10.6 Å². The summed E-state index contributed by atoms with van der Waals surface area (Å²) in [5, 5.41) is 5.46. The quantitative estimate of drug-likeness (QED) is 0.856. The van der Waals surface area contributed by atoms with Crippen LogP contribution in [-0.4, -0.2) is 18.4 Å². The molecule has 2 N–H and O–H groups in total. The second kappa shape index (κ2) is 6.92. The van der Waals surface area contributed by atoms with Crippen molar-refractivity contribution in [2.24, 2.45) is 5.92 Å². The first-order valence-corrected chi connectivity index (χ1v) is 6.53. The molecule has 0 aliphatic heterocycles. The minimum atomic E-state index is -0.200. The Morgan fingerprint density at radius 1 is 1.11 bits per heavy atom. The highest BCUT2D eigenvalue weighted by Gasteiger charge is 2.09. The molecule has 0 spiro atoms. The van der Waals surface area contributed by atoms with Gasteiger partial charge in [0.05, 0.1) is 6.54 Å². The van der Waals surface area contributed by atoms with Gasteiger partial charge in [-0.25, -0.2) is 0 Å². The first kappa shape index (κ1) is 15.2. The number of para-hydroxylation sites is 1. The molecule has 0 fully saturated rings. The number of amides is 2. The fourth-order valence-electron chi connectivity index (χ4n) is 1.82. The van der Waals surface area contributed by atoms with Crippen LogP contribution in [0, 0.1) is 19.8 Å². The third-order valence-electron chi connectivity index (χ3n) is 2.79. The van der Waals surface area contributed by atoms with Gasteiger partial charge in [0.15, 0.2) is 0 Å². The van der Waals surface area contributed by atoms with Crippen molar-refractivity contribution in [2.45, 2.75) is 34.1 Å². The second-order valence-corrected chi connectivity index (χ2v) is 5.19. The average molecular weight is 262 g/mol. The first-order chi connectivity index (χ1) is 8.90. The lowest BCUT2D eigenvalue weighted by Crippen LogP contribution is -2.33. The predicted molar refractivity (Wildman–Crippen MR) is 77.0 cm³/mol. The first-order valence-electron chi connectivity index (χ1n) is 6.53. The van der Waals surface area contributed by atoms with Gasteiger partial charge in [0.2, 0.25) is 11.8 Å². The fraction of sp³-hybridized carbons (Fsp3) is 0.467. The Bertz CT molecular complexity index is 447. The second-order valence-electron chi connectivity index (χ2n) is 5.19. The Morgan fingerprint density at radius 2 is 1.68 bits per heavy atom. The molecule has 0 aliphatic rings. The lowest BCUT2D eigenvalue weighted by molar-refractivity contribution is -0.124. The van der Waals surface area contributed by atoms with E-state index in [0.29, 0.717) is 12.3 Å². The van der Waals surface area contributed by atoms with E-state index in [1.54, 1.807) is 0 Å². The molecule has 4 nitrogen and oxygen atoms in total. The standard InChI is InChI=1S/C15H22N2O2/c1-10(2)8-13(18)16-9-14(19)17-15-11(3)6-5-7-12(15)4/h5-7,10H,8-9H2,1-4H3,(H,16,18)(H,17,19). The lowest BCUT2D eigenvalue weighted by Gasteiger charge is -2.12. The molecule has 104 valence electrons. The SMILES string of the molecule is Cc1cccc(C)c1NC(=O)CNC(=O)CC(C)C. The minimum Gasteiger partial charge on any atom is -0.347 e. The number of anilines is 1. The maximum atomic E-state index is 11.8. The zero-order valence-electron chi connectivity index (χ0n) is 12.0. The molecular formula is C15H22N2O2. The summed E-state index contributed by atoms with van der Waals surface area (Å²) in [5.74, 6) is 0.00263. The number of carbonyl (C=O) groups is 2. The number of aryl methyl sites for hydroxylation is 2. The van der Waals surface area contributed by atoms with Gasteiger partial charge in [-0.05, 0) is 30.9 Å². The van der Waals surface area contributed by atoms with Crippen LogP contribution in [0.2, 0.25) is 0 Å². The van der Waals surface area contributed by atoms with Crippen LogP contribution in [-0.2, 0) is 9.59 Å². The van der Waals surface area contributed by atoms with Crippen LogP contribution in [0.1, 0.15) is 31.4 Å². The van der Waals surface area contributed by atoms with Crippen molar-refractivity contribution in [3.63, 3.8) is 0 Å². The molecule has 0 radical (unpaired) electrons. The monoisotopic (exact) mass is 262 g/mol. The molecule has 0 aliphatic carbocycles. The zero-order chi connectivity index (χ0) is 14.4. The van der Waals surface area contributed by atoms with E-state index in [1.165, 1.54) is 0 Å². The van der Waals surface area contributed by atoms with Crippen molar-refractivity contribution in [3.05, 3.63) is 29.3 Å². The van der Waals surface area contributed by atoms with E-state index in [4.69, 9.17) is 0 Å². The van der Waals surface area contributed by atoms with Crippen LogP contribution in [0.15, 0.2) is 18.2 Å². The molecule has 0 saturated heterocycles. The number of carbonyl (C=O) groups excluding carboxylic acids is 2. The van der Waals surface area contributed by atoms with Crippen LogP contribution in [0.25, 0.3) is 0 Å². The van der Waals surface area contributed by atoms with Gasteiger partial charge in [0.25, 0.3) is 0 Å². The fourth-order valence-corrected chi connectivity index (χ4v) is 1.82. The van der Waals surface area contributed by atoms with Gasteiger partial charge in [-0.1, -0.05) is 32.0 Å². The summed E-state index contributed by atoms with van der Waals surface area (Å²) in [7, 11) is 0. The number of rotatable bonds is 5. The third-order valence-corrected chi connectivity index (χ3v) is 2.79. The van der Waals surface area contributed by atoms with Crippen molar-refractivity contribution in [1.82, 2.24) is 5.32 Å². The summed E-state index contributed by atoms with van der Waals surface area (Å²) in [6.45, 7) is 7.84. The Hall–Kier alpha value is -1.84. The summed E-state index contributed by atoms with van der Waals surface area (Å²) in [6.07, 6.45) is 0.441. The van der Waals surface area contributed by atoms with Crippen molar-refractivity contribution in [3.8, 4) is 0 Å². The molecule has 2 amide bonds. The van der Waals surface area contributed by atoms with Crippen molar-refractivity contribution in [2.75, 3.05) is 11.9 Å². The number of nitrogens with one attached hydrogen (secondary N) is 2. The molecule has 19 heavy (non-hydrogen) atoms. The van der Waals surface area contributed by atoms with E-state index in [2.05, 4.69) is 10.6 Å². The maximum absolute atomic E-state index is 11.8. The van der Waals surface area contributed by atoms with Gasteiger partial charge in [0, 0.05) is 12.1 Å². The topological polar surface area (TPSA) is 58.2 Å². The molecule has 0 saturated carbocycles. The molecule has 0 bridgehead atoms. The van der Waals surface area contributed by atoms with Crippen LogP contribution >= 0.6 is 0 Å². The normalized spacial score (nSPS) is 10.4. The van der Waals surface area contributed by atoms with E-state index in [1.807, 2.05) is 45.9 Å². The van der Waals surface area contributed by atoms with Crippen LogP contribution in [0.5, 0.6) is 0 Å². The van der Waals surface area contributed by atoms with Crippen molar-refractivity contribution < 1.29 is 9.59 Å². The Labute approximate surface area is 114 Å². The van der Waals surface area contributed by atoms with Gasteiger partial charge in [0.1, 0.15) is 0 Å². The van der Waals surface area contributed by atoms with E-state index in [0.717, 1.165) is 16.8 Å². The zero-order valence-corrected chi connectivity index (χ0v) is 12.0. The molecule has 0 atom stereocenters. The minimum absolute atomic E-state index is 0.0132. The van der Waals surface area contributed by atoms with Crippen molar-refractivity contribution in [1.29, 1.82) is 0 Å². The van der Waals surface area contributed by atoms with Gasteiger partial charge in [-0.15, -0.1) is 0 Å². The molecular weight excluding hydrogens is 240 g/mol. The van der Waals surface area contributed by atoms with Gasteiger partial charge in [-0.3, -0.25) is 9.59 Å². The lowest BCUT2D eigenvalue weighted by atomic mass is 10.1. The number of hydrogen-bond donors (Lipinski definition) is 2. The highest BCUT2D eigenvalue weighted by atomic mass is 16.2. The maximum Gasteiger partial charge on any atom is 0.243 e. The van der Waals surface area contributed by atoms with Crippen LogP contribution in [0.3, 0.4) is 0 Å². The van der Waals surface area contributed by atoms with E-state index < -0.39 is 0 Å². The smallest absolute Gasteiger partial charge is 0.243 e. The Kier molecular flexibility index (Phi) is 5.55. The molecule has 1 aromatic rings. The highest BCUT2D eigenvalue weighted by molar-refractivity contribution is 5.95. The summed E-state index contributed by atoms with van der Waals surface area (Å²) in [6, 6.07) is 5.84. The highest BCUT2D eigenvalue weighted by Crippen LogP contribution is 2.18. The largest absolute Gasteiger partial charge is 0.347 e. The van der Waals surface area contributed by atoms with Gasteiger partial charge in [-0.2, -0.15) is 0 Å².